The zero-order chi connectivity index (χ0) is 32.0. The van der Waals surface area contributed by atoms with Crippen molar-refractivity contribution >= 4 is 0 Å². The molecular weight excluding hydrogens is 564 g/mol. The molecule has 4 rings (SSSR count). The second-order valence-electron chi connectivity index (χ2n) is 13.5. The molecule has 0 radical (unpaired) electrons. The summed E-state index contributed by atoms with van der Waals surface area (Å²) in [6, 6.07) is 31.9. The fourth-order valence-electron chi connectivity index (χ4n) is 6.99. The highest BCUT2D eigenvalue weighted by atomic mass is 16.5. The molecule has 3 aromatic carbocycles. The highest BCUT2D eigenvalue weighted by molar-refractivity contribution is 5.47. The molecule has 0 bridgehead atoms. The molecule has 1 saturated heterocycles. The molecule has 0 saturated carbocycles. The first-order valence-electron chi connectivity index (χ1n) is 18.8. The molecule has 46 heavy (non-hydrogen) atoms. The van der Waals surface area contributed by atoms with Gasteiger partial charge < -0.3 is 14.2 Å². The van der Waals surface area contributed by atoms with E-state index in [1.165, 1.54) is 96.3 Å². The van der Waals surface area contributed by atoms with Crippen LogP contribution >= 0.6 is 0 Å². The first kappa shape index (κ1) is 36.4. The third-order valence-corrected chi connectivity index (χ3v) is 9.69. The van der Waals surface area contributed by atoms with Crippen molar-refractivity contribution in [1.82, 2.24) is 0 Å². The summed E-state index contributed by atoms with van der Waals surface area (Å²) in [4.78, 5) is 0. The summed E-state index contributed by atoms with van der Waals surface area (Å²) >= 11 is 0. The standard InChI is InChI=1S/C43H62O3/c1-2-3-4-5-6-7-8-9-10-11-12-13-14-15-16-26-33-44-37-42-34-38(35-45-42)36-46-43(39-27-20-17-21-28-39,40-29-22-18-23-30-40)41-31-24-19-25-32-41/h17-25,27-32,38,42H,2-16,26,33-37H2,1H3/t38-,42+/m0/s1. The van der Waals surface area contributed by atoms with Crippen LogP contribution in [0.1, 0.15) is 133 Å². The minimum Gasteiger partial charge on any atom is -0.379 e. The average Bonchev–Trinajstić information content (AvgIpc) is 3.57. The van der Waals surface area contributed by atoms with E-state index in [9.17, 15) is 0 Å². The Morgan fingerprint density at radius 3 is 1.39 bits per heavy atom. The number of unbranched alkanes of at least 4 members (excludes halogenated alkanes) is 15. The molecule has 1 heterocycles. The van der Waals surface area contributed by atoms with E-state index < -0.39 is 5.60 Å². The van der Waals surface area contributed by atoms with Gasteiger partial charge in [0, 0.05) is 12.5 Å². The van der Waals surface area contributed by atoms with Crippen molar-refractivity contribution in [2.75, 3.05) is 26.4 Å². The molecule has 3 heteroatoms. The molecule has 1 aliphatic rings. The van der Waals surface area contributed by atoms with Crippen LogP contribution < -0.4 is 0 Å². The number of hydrogen-bond acceptors (Lipinski definition) is 3. The molecule has 0 aromatic heterocycles. The summed E-state index contributed by atoms with van der Waals surface area (Å²) in [5.74, 6) is 0.347. The zero-order valence-electron chi connectivity index (χ0n) is 28.9. The lowest BCUT2D eigenvalue weighted by Gasteiger charge is -2.36. The number of benzene rings is 3. The maximum absolute atomic E-state index is 7.04. The normalized spacial score (nSPS) is 16.6. The van der Waals surface area contributed by atoms with Crippen LogP contribution in [0.4, 0.5) is 0 Å². The molecule has 0 aliphatic carbocycles. The Morgan fingerprint density at radius 2 is 0.957 bits per heavy atom. The van der Waals surface area contributed by atoms with Gasteiger partial charge in [0.1, 0.15) is 5.60 Å². The largest absolute Gasteiger partial charge is 0.379 e. The summed E-state index contributed by atoms with van der Waals surface area (Å²) in [5.41, 5.74) is 2.76. The Hall–Kier alpha value is -2.46. The van der Waals surface area contributed by atoms with Gasteiger partial charge in [-0.2, -0.15) is 0 Å². The lowest BCUT2D eigenvalue weighted by molar-refractivity contribution is -0.0118. The van der Waals surface area contributed by atoms with E-state index in [1.807, 2.05) is 0 Å². The Labute approximate surface area is 281 Å². The minimum atomic E-state index is -0.675. The van der Waals surface area contributed by atoms with Crippen molar-refractivity contribution in [3.8, 4) is 0 Å². The van der Waals surface area contributed by atoms with Crippen LogP contribution in [-0.4, -0.2) is 32.5 Å². The minimum absolute atomic E-state index is 0.161. The molecule has 1 aliphatic heterocycles. The van der Waals surface area contributed by atoms with Crippen LogP contribution in [0.25, 0.3) is 0 Å². The van der Waals surface area contributed by atoms with Crippen LogP contribution in [0.15, 0.2) is 91.0 Å². The molecule has 1 fully saturated rings. The predicted molar refractivity (Wildman–Crippen MR) is 193 cm³/mol. The molecule has 3 nitrogen and oxygen atoms in total. The summed E-state index contributed by atoms with van der Waals surface area (Å²) < 4.78 is 19.3. The van der Waals surface area contributed by atoms with Crippen molar-refractivity contribution in [1.29, 1.82) is 0 Å². The highest BCUT2D eigenvalue weighted by Crippen LogP contribution is 2.41. The first-order valence-corrected chi connectivity index (χ1v) is 18.8. The van der Waals surface area contributed by atoms with Crippen molar-refractivity contribution in [2.45, 2.75) is 128 Å². The van der Waals surface area contributed by atoms with E-state index in [-0.39, 0.29) is 6.10 Å². The van der Waals surface area contributed by atoms with Crippen LogP contribution in [0.3, 0.4) is 0 Å². The Morgan fingerprint density at radius 1 is 0.543 bits per heavy atom. The number of ether oxygens (including phenoxy) is 3. The van der Waals surface area contributed by atoms with Crippen molar-refractivity contribution in [2.24, 2.45) is 5.92 Å². The monoisotopic (exact) mass is 626 g/mol. The van der Waals surface area contributed by atoms with Gasteiger partial charge in [0.15, 0.2) is 0 Å². The van der Waals surface area contributed by atoms with Crippen LogP contribution in [0.2, 0.25) is 0 Å². The van der Waals surface area contributed by atoms with Gasteiger partial charge in [-0.25, -0.2) is 0 Å². The van der Waals surface area contributed by atoms with Gasteiger partial charge in [0.25, 0.3) is 0 Å². The van der Waals surface area contributed by atoms with Gasteiger partial charge in [0.05, 0.1) is 25.9 Å². The van der Waals surface area contributed by atoms with Crippen LogP contribution in [0, 0.1) is 5.92 Å². The summed E-state index contributed by atoms with van der Waals surface area (Å²) in [6.45, 7) is 5.19. The van der Waals surface area contributed by atoms with Crippen LogP contribution in [-0.2, 0) is 19.8 Å². The van der Waals surface area contributed by atoms with Gasteiger partial charge in [-0.05, 0) is 29.5 Å². The average molecular weight is 627 g/mol. The number of hydrogen-bond donors (Lipinski definition) is 0. The highest BCUT2D eigenvalue weighted by Gasteiger charge is 2.39. The fraction of sp³-hybridized carbons (Fsp3) is 0.581. The Bertz CT molecular complexity index is 1040. The van der Waals surface area contributed by atoms with Crippen molar-refractivity contribution in [3.63, 3.8) is 0 Å². The van der Waals surface area contributed by atoms with E-state index in [0.29, 0.717) is 19.1 Å². The molecule has 0 N–H and O–H groups in total. The molecule has 3 aromatic rings. The first-order chi connectivity index (χ1) is 22.8. The maximum atomic E-state index is 7.04. The van der Waals surface area contributed by atoms with Gasteiger partial charge in [-0.1, -0.05) is 194 Å². The summed E-state index contributed by atoms with van der Waals surface area (Å²) in [6.07, 6.45) is 23.4. The van der Waals surface area contributed by atoms with E-state index in [4.69, 9.17) is 14.2 Å². The third-order valence-electron chi connectivity index (χ3n) is 9.69. The van der Waals surface area contributed by atoms with E-state index in [2.05, 4.69) is 97.9 Å². The fourth-order valence-corrected chi connectivity index (χ4v) is 6.99. The van der Waals surface area contributed by atoms with Gasteiger partial charge in [-0.15, -0.1) is 0 Å². The second kappa shape index (κ2) is 22.2. The zero-order valence-corrected chi connectivity index (χ0v) is 28.9. The Kier molecular flexibility index (Phi) is 17.5. The molecule has 252 valence electrons. The van der Waals surface area contributed by atoms with Gasteiger partial charge >= 0.3 is 0 Å². The van der Waals surface area contributed by atoms with E-state index in [1.54, 1.807) is 0 Å². The molecular formula is C43H62O3. The lowest BCUT2D eigenvalue weighted by atomic mass is 9.80. The van der Waals surface area contributed by atoms with Gasteiger partial charge in [-0.3, -0.25) is 0 Å². The lowest BCUT2D eigenvalue weighted by Crippen LogP contribution is -2.34. The van der Waals surface area contributed by atoms with Crippen molar-refractivity contribution in [3.05, 3.63) is 108 Å². The van der Waals surface area contributed by atoms with E-state index in [0.717, 1.165) is 42.7 Å². The smallest absolute Gasteiger partial charge is 0.143 e. The van der Waals surface area contributed by atoms with Crippen molar-refractivity contribution < 1.29 is 14.2 Å². The summed E-state index contributed by atoms with van der Waals surface area (Å²) in [5, 5.41) is 0. The topological polar surface area (TPSA) is 27.7 Å². The third kappa shape index (κ3) is 12.3. The predicted octanol–water partition coefficient (Wildman–Crippen LogP) is 11.7. The molecule has 0 unspecified atom stereocenters. The quantitative estimate of drug-likeness (QED) is 0.0692. The number of rotatable bonds is 25. The summed E-state index contributed by atoms with van der Waals surface area (Å²) in [7, 11) is 0. The van der Waals surface area contributed by atoms with Crippen LogP contribution in [0.5, 0.6) is 0 Å². The SMILES string of the molecule is CCCCCCCCCCCCCCCCCCOC[C@H]1C[C@H](COC(c2ccccc2)(c2ccccc2)c2ccccc2)CO1. The molecule has 0 amide bonds. The van der Waals surface area contributed by atoms with E-state index >= 15 is 0 Å². The Balaban J connectivity index is 1.08. The van der Waals surface area contributed by atoms with Gasteiger partial charge in [0.2, 0.25) is 0 Å². The maximum Gasteiger partial charge on any atom is 0.143 e. The molecule has 2 atom stereocenters. The second-order valence-corrected chi connectivity index (χ2v) is 13.5. The molecule has 0 spiro atoms.